The zero-order valence-electron chi connectivity index (χ0n) is 19.5. The van der Waals surface area contributed by atoms with Crippen LogP contribution in [0.2, 0.25) is 0 Å². The number of carbonyl (C=O) groups excluding carboxylic acids is 1. The normalized spacial score (nSPS) is 19.6. The molecule has 186 valence electrons. The van der Waals surface area contributed by atoms with Crippen LogP contribution in [-0.2, 0) is 17.4 Å². The molecular formula is C26H28F3N3O3. The van der Waals surface area contributed by atoms with Crippen molar-refractivity contribution in [1.29, 1.82) is 5.26 Å². The molecule has 2 aromatic carbocycles. The Morgan fingerprint density at radius 1 is 1.20 bits per heavy atom. The Morgan fingerprint density at radius 3 is 2.46 bits per heavy atom. The minimum absolute atomic E-state index is 0.00478. The lowest BCUT2D eigenvalue weighted by molar-refractivity contribution is -0.137. The van der Waals surface area contributed by atoms with Crippen molar-refractivity contribution in [3.63, 3.8) is 0 Å². The maximum atomic E-state index is 13.4. The molecule has 2 fully saturated rings. The molecule has 1 spiro atoms. The highest BCUT2D eigenvalue weighted by Crippen LogP contribution is 2.46. The fourth-order valence-corrected chi connectivity index (χ4v) is 5.34. The van der Waals surface area contributed by atoms with E-state index in [1.54, 1.807) is 19.2 Å². The van der Waals surface area contributed by atoms with Gasteiger partial charge in [0.1, 0.15) is 5.75 Å². The molecule has 6 nitrogen and oxygen atoms in total. The van der Waals surface area contributed by atoms with Gasteiger partial charge in [-0.15, -0.1) is 0 Å². The molecule has 0 bridgehead atoms. The van der Waals surface area contributed by atoms with Gasteiger partial charge in [-0.1, -0.05) is 12.1 Å². The molecule has 2 aliphatic rings. The van der Waals surface area contributed by atoms with Gasteiger partial charge in [0.15, 0.2) is 0 Å². The number of alkyl halides is 3. The zero-order chi connectivity index (χ0) is 25.2. The van der Waals surface area contributed by atoms with Gasteiger partial charge in [-0.2, -0.15) is 18.4 Å². The first-order valence-corrected chi connectivity index (χ1v) is 11.6. The number of anilines is 1. The standard InChI is InChI=1S/C26H28F3N3O3/c1-35-22-6-2-18(3-7-22)12-24(34)32-15-20(16-33)25(17-32)8-10-31(11-9-25)21-5-4-19(14-30)23(13-21)26(27,28)29/h2-7,13,20,33H,8-12,15-17H2,1H3. The summed E-state index contributed by atoms with van der Waals surface area (Å²) in [5.41, 5.74) is -0.273. The van der Waals surface area contributed by atoms with Crippen LogP contribution in [0.3, 0.4) is 0 Å². The van der Waals surface area contributed by atoms with Crippen LogP contribution < -0.4 is 9.64 Å². The van der Waals surface area contributed by atoms with Gasteiger partial charge < -0.3 is 19.6 Å². The summed E-state index contributed by atoms with van der Waals surface area (Å²) in [6.45, 7) is 1.99. The van der Waals surface area contributed by atoms with Gasteiger partial charge in [0.2, 0.25) is 5.91 Å². The van der Waals surface area contributed by atoms with Gasteiger partial charge in [0, 0.05) is 44.4 Å². The molecule has 0 aliphatic carbocycles. The molecule has 0 radical (unpaired) electrons. The average molecular weight is 488 g/mol. The number of aliphatic hydroxyl groups is 1. The fraction of sp³-hybridized carbons (Fsp3) is 0.462. The third-order valence-electron chi connectivity index (χ3n) is 7.45. The number of benzene rings is 2. The Hall–Kier alpha value is -3.25. The summed E-state index contributed by atoms with van der Waals surface area (Å²) >= 11 is 0. The Labute approximate surface area is 202 Å². The summed E-state index contributed by atoms with van der Waals surface area (Å²) in [4.78, 5) is 16.7. The first-order chi connectivity index (χ1) is 16.7. The molecule has 0 aromatic heterocycles. The van der Waals surface area contributed by atoms with Gasteiger partial charge in [0.25, 0.3) is 0 Å². The van der Waals surface area contributed by atoms with Gasteiger partial charge >= 0.3 is 6.18 Å². The second-order valence-electron chi connectivity index (χ2n) is 9.37. The first kappa shape index (κ1) is 24.9. The molecule has 2 aromatic rings. The lowest BCUT2D eigenvalue weighted by atomic mass is 9.71. The summed E-state index contributed by atoms with van der Waals surface area (Å²) in [5.74, 6) is 0.643. The highest BCUT2D eigenvalue weighted by atomic mass is 19.4. The average Bonchev–Trinajstić information content (AvgIpc) is 3.22. The van der Waals surface area contributed by atoms with E-state index in [2.05, 4.69) is 0 Å². The predicted molar refractivity (Wildman–Crippen MR) is 124 cm³/mol. The van der Waals surface area contributed by atoms with Crippen LogP contribution in [0.15, 0.2) is 42.5 Å². The molecule has 2 heterocycles. The number of aliphatic hydroxyl groups excluding tert-OH is 1. The minimum atomic E-state index is -4.60. The molecule has 1 amide bonds. The van der Waals surface area contributed by atoms with Crippen LogP contribution in [0, 0.1) is 22.7 Å². The highest BCUT2D eigenvalue weighted by molar-refractivity contribution is 5.79. The number of nitrogens with zero attached hydrogens (tertiary/aromatic N) is 3. The first-order valence-electron chi connectivity index (χ1n) is 11.6. The van der Waals surface area contributed by atoms with E-state index in [1.165, 1.54) is 6.07 Å². The molecule has 0 saturated carbocycles. The van der Waals surface area contributed by atoms with Gasteiger partial charge in [-0.3, -0.25) is 4.79 Å². The van der Waals surface area contributed by atoms with Crippen LogP contribution in [0.5, 0.6) is 5.75 Å². The Balaban J connectivity index is 1.44. The predicted octanol–water partition coefficient (Wildman–Crippen LogP) is 3.87. The van der Waals surface area contributed by atoms with Gasteiger partial charge in [-0.05, 0) is 54.2 Å². The maximum Gasteiger partial charge on any atom is 0.417 e. The summed E-state index contributed by atoms with van der Waals surface area (Å²) < 4.78 is 45.3. The van der Waals surface area contributed by atoms with E-state index >= 15 is 0 Å². The van der Waals surface area contributed by atoms with Crippen molar-refractivity contribution in [2.75, 3.05) is 44.8 Å². The van der Waals surface area contributed by atoms with Gasteiger partial charge in [-0.25, -0.2) is 0 Å². The number of likely N-dealkylation sites (tertiary alicyclic amines) is 1. The van der Waals surface area contributed by atoms with Crippen LogP contribution >= 0.6 is 0 Å². The smallest absolute Gasteiger partial charge is 0.417 e. The van der Waals surface area contributed by atoms with Crippen molar-refractivity contribution in [2.24, 2.45) is 11.3 Å². The second kappa shape index (κ2) is 9.78. The molecule has 1 atom stereocenters. The zero-order valence-corrected chi connectivity index (χ0v) is 19.5. The number of halogens is 3. The van der Waals surface area contributed by atoms with Crippen LogP contribution in [-0.4, -0.2) is 55.8 Å². The van der Waals surface area contributed by atoms with Crippen molar-refractivity contribution in [3.05, 3.63) is 59.2 Å². The SMILES string of the molecule is COc1ccc(CC(=O)N2CC(CO)C3(CCN(c4ccc(C#N)c(C(F)(F)F)c4)CC3)C2)cc1. The molecular weight excluding hydrogens is 459 g/mol. The molecule has 9 heteroatoms. The maximum absolute atomic E-state index is 13.4. The highest BCUT2D eigenvalue weighted by Gasteiger charge is 2.49. The fourth-order valence-electron chi connectivity index (χ4n) is 5.34. The Bertz CT molecular complexity index is 1100. The van der Waals surface area contributed by atoms with Crippen molar-refractivity contribution >= 4 is 11.6 Å². The molecule has 1 unspecified atom stereocenters. The lowest BCUT2D eigenvalue weighted by Gasteiger charge is -2.43. The molecule has 2 saturated heterocycles. The van der Waals surface area contributed by atoms with E-state index in [4.69, 9.17) is 10.00 Å². The lowest BCUT2D eigenvalue weighted by Crippen LogP contribution is -2.45. The van der Waals surface area contributed by atoms with E-state index in [9.17, 15) is 23.1 Å². The Morgan fingerprint density at radius 2 is 1.89 bits per heavy atom. The third-order valence-corrected chi connectivity index (χ3v) is 7.45. The summed E-state index contributed by atoms with van der Waals surface area (Å²) in [6.07, 6.45) is -3.02. The minimum Gasteiger partial charge on any atom is -0.497 e. The Kier molecular flexibility index (Phi) is 6.95. The number of amides is 1. The summed E-state index contributed by atoms with van der Waals surface area (Å²) in [5, 5.41) is 19.1. The number of ether oxygens (including phenoxy) is 1. The van der Waals surface area contributed by atoms with Gasteiger partial charge in [0.05, 0.1) is 30.7 Å². The monoisotopic (exact) mass is 487 g/mol. The number of nitriles is 1. The number of piperidine rings is 1. The van der Waals surface area contributed by atoms with Crippen molar-refractivity contribution in [2.45, 2.75) is 25.4 Å². The third kappa shape index (κ3) is 5.08. The molecule has 2 aliphatic heterocycles. The van der Waals surface area contributed by atoms with E-state index in [1.807, 2.05) is 34.1 Å². The number of hydrogen-bond donors (Lipinski definition) is 1. The van der Waals surface area contributed by atoms with Crippen molar-refractivity contribution < 1.29 is 27.8 Å². The van der Waals surface area contributed by atoms with Crippen molar-refractivity contribution in [3.8, 4) is 11.8 Å². The summed E-state index contributed by atoms with van der Waals surface area (Å²) in [7, 11) is 1.58. The quantitative estimate of drug-likeness (QED) is 0.693. The number of rotatable bonds is 5. The molecule has 1 N–H and O–H groups in total. The van der Waals surface area contributed by atoms with Crippen LogP contribution in [0.1, 0.15) is 29.5 Å². The summed E-state index contributed by atoms with van der Waals surface area (Å²) in [6, 6.07) is 12.8. The van der Waals surface area contributed by atoms with E-state index in [0.717, 1.165) is 17.4 Å². The number of methoxy groups -OCH3 is 1. The van der Waals surface area contributed by atoms with Crippen molar-refractivity contribution in [1.82, 2.24) is 4.90 Å². The number of hydrogen-bond acceptors (Lipinski definition) is 5. The molecule has 4 rings (SSSR count). The molecule has 35 heavy (non-hydrogen) atoms. The topological polar surface area (TPSA) is 76.8 Å². The van der Waals surface area contributed by atoms with E-state index in [-0.39, 0.29) is 30.3 Å². The number of carbonyl (C=O) groups is 1. The second-order valence-corrected chi connectivity index (χ2v) is 9.37. The largest absolute Gasteiger partial charge is 0.497 e. The van der Waals surface area contributed by atoms with E-state index < -0.39 is 17.3 Å². The van der Waals surface area contributed by atoms with E-state index in [0.29, 0.717) is 44.7 Å². The van der Waals surface area contributed by atoms with Crippen LogP contribution in [0.25, 0.3) is 0 Å². The van der Waals surface area contributed by atoms with Crippen LogP contribution in [0.4, 0.5) is 18.9 Å².